The number of hydrogen-bond acceptors (Lipinski definition) is 6. The molecule has 0 fully saturated rings. The minimum absolute atomic E-state index is 0.0950. The number of rotatable bonds is 12. The lowest BCUT2D eigenvalue weighted by molar-refractivity contribution is -0.119. The third-order valence-corrected chi connectivity index (χ3v) is 7.90. The van der Waals surface area contributed by atoms with Crippen LogP contribution in [0.3, 0.4) is 0 Å². The molecule has 0 radical (unpaired) electrons. The van der Waals surface area contributed by atoms with Crippen molar-refractivity contribution in [2.45, 2.75) is 30.6 Å². The predicted octanol–water partition coefficient (Wildman–Crippen LogP) is 4.81. The van der Waals surface area contributed by atoms with Gasteiger partial charge in [0, 0.05) is 4.90 Å². The fraction of sp³-hybridized carbons (Fsp3) is 0.296. The lowest BCUT2D eigenvalue weighted by Crippen LogP contribution is -2.42. The largest absolute Gasteiger partial charge is 0.492 e. The van der Waals surface area contributed by atoms with Gasteiger partial charge in [-0.05, 0) is 75.1 Å². The van der Waals surface area contributed by atoms with E-state index in [0.29, 0.717) is 18.0 Å². The Hall–Kier alpha value is -3.17. The maximum atomic E-state index is 13.7. The second-order valence-corrected chi connectivity index (χ2v) is 10.8. The number of aryl methyl sites for hydroxylation is 2. The molecule has 0 heterocycles. The minimum atomic E-state index is -4.05. The molecular weight excluding hydrogens is 496 g/mol. The van der Waals surface area contributed by atoms with Crippen LogP contribution in [0.2, 0.25) is 0 Å². The average Bonchev–Trinajstić information content (AvgIpc) is 2.87. The summed E-state index contributed by atoms with van der Waals surface area (Å²) in [6, 6.07) is 19.3. The molecule has 192 valence electrons. The maximum Gasteiger partial charge on any atom is 0.264 e. The number of hydrogen-bond donors (Lipinski definition) is 1. The highest BCUT2D eigenvalue weighted by molar-refractivity contribution is 7.98. The van der Waals surface area contributed by atoms with Crippen molar-refractivity contribution >= 4 is 33.4 Å². The number of nitrogens with zero attached hydrogens (tertiary/aromatic N) is 1. The summed E-state index contributed by atoms with van der Waals surface area (Å²) >= 11 is 1.52. The molecule has 3 aromatic carbocycles. The molecule has 7 nitrogen and oxygen atoms in total. The third-order valence-electron chi connectivity index (χ3n) is 5.38. The molecule has 0 spiro atoms. The van der Waals surface area contributed by atoms with Crippen molar-refractivity contribution in [1.82, 2.24) is 5.32 Å². The molecule has 3 aromatic rings. The van der Waals surface area contributed by atoms with Gasteiger partial charge in [0.25, 0.3) is 10.0 Å². The van der Waals surface area contributed by atoms with E-state index in [9.17, 15) is 13.2 Å². The van der Waals surface area contributed by atoms with Gasteiger partial charge in [-0.2, -0.15) is 0 Å². The van der Waals surface area contributed by atoms with Gasteiger partial charge in [0.15, 0.2) is 0 Å². The van der Waals surface area contributed by atoms with Crippen molar-refractivity contribution in [1.29, 1.82) is 0 Å². The Bertz CT molecular complexity index is 1280. The van der Waals surface area contributed by atoms with E-state index < -0.39 is 22.5 Å². The first kappa shape index (κ1) is 27.4. The second kappa shape index (κ2) is 12.7. The summed E-state index contributed by atoms with van der Waals surface area (Å²) in [6.07, 6.45) is 1.92. The Kier molecular flexibility index (Phi) is 9.66. The topological polar surface area (TPSA) is 84.9 Å². The normalized spacial score (nSPS) is 11.1. The number of anilines is 1. The highest BCUT2D eigenvalue weighted by atomic mass is 32.2. The highest BCUT2D eigenvalue weighted by Crippen LogP contribution is 2.33. The summed E-state index contributed by atoms with van der Waals surface area (Å²) in [5.41, 5.74) is 2.46. The molecule has 0 aliphatic carbocycles. The number of nitrogens with one attached hydrogen (secondary N) is 1. The van der Waals surface area contributed by atoms with Crippen LogP contribution >= 0.6 is 11.8 Å². The number of ether oxygens (including phenoxy) is 2. The molecule has 1 amide bonds. The van der Waals surface area contributed by atoms with Crippen molar-refractivity contribution < 1.29 is 22.7 Å². The smallest absolute Gasteiger partial charge is 0.264 e. The number of carbonyl (C=O) groups is 1. The van der Waals surface area contributed by atoms with E-state index in [0.717, 1.165) is 26.1 Å². The predicted molar refractivity (Wildman–Crippen MR) is 145 cm³/mol. The van der Waals surface area contributed by atoms with Crippen LogP contribution in [0.15, 0.2) is 76.5 Å². The van der Waals surface area contributed by atoms with Crippen molar-refractivity contribution in [3.8, 4) is 11.5 Å². The Balaban J connectivity index is 1.77. The Labute approximate surface area is 217 Å². The molecule has 1 N–H and O–H groups in total. The third kappa shape index (κ3) is 6.95. The first-order chi connectivity index (χ1) is 17.3. The molecule has 0 aliphatic heterocycles. The molecule has 36 heavy (non-hydrogen) atoms. The Morgan fingerprint density at radius 3 is 2.36 bits per heavy atom. The number of sulfonamides is 1. The quantitative estimate of drug-likeness (QED) is 0.268. The summed E-state index contributed by atoms with van der Waals surface area (Å²) in [5.74, 6) is 0.684. The average molecular weight is 529 g/mol. The highest BCUT2D eigenvalue weighted by Gasteiger charge is 2.29. The molecule has 0 aromatic heterocycles. The van der Waals surface area contributed by atoms with Crippen LogP contribution in [0.5, 0.6) is 11.5 Å². The molecule has 0 atom stereocenters. The molecule has 3 rings (SSSR count). The zero-order chi connectivity index (χ0) is 26.1. The van der Waals surface area contributed by atoms with E-state index in [1.807, 2.05) is 45.2 Å². The van der Waals surface area contributed by atoms with E-state index in [1.165, 1.54) is 11.8 Å². The van der Waals surface area contributed by atoms with Crippen LogP contribution in [0, 0.1) is 13.8 Å². The number of para-hydroxylation sites is 2. The lowest BCUT2D eigenvalue weighted by Gasteiger charge is -2.26. The number of benzene rings is 3. The summed E-state index contributed by atoms with van der Waals surface area (Å²) in [4.78, 5) is 13.9. The van der Waals surface area contributed by atoms with Gasteiger partial charge in [-0.3, -0.25) is 9.10 Å². The van der Waals surface area contributed by atoms with Crippen LogP contribution in [0.25, 0.3) is 0 Å². The zero-order valence-corrected chi connectivity index (χ0v) is 22.6. The van der Waals surface area contributed by atoms with Gasteiger partial charge in [0.1, 0.15) is 24.7 Å². The van der Waals surface area contributed by atoms with Crippen LogP contribution in [-0.2, 0) is 14.8 Å². The van der Waals surface area contributed by atoms with E-state index in [4.69, 9.17) is 9.47 Å². The number of amides is 1. The van der Waals surface area contributed by atoms with Gasteiger partial charge in [-0.25, -0.2) is 8.42 Å². The van der Waals surface area contributed by atoms with Gasteiger partial charge in [-0.15, -0.1) is 11.8 Å². The van der Waals surface area contributed by atoms with Crippen molar-refractivity contribution in [3.63, 3.8) is 0 Å². The van der Waals surface area contributed by atoms with Gasteiger partial charge < -0.3 is 14.8 Å². The Morgan fingerprint density at radius 2 is 1.69 bits per heavy atom. The standard InChI is InChI=1S/C27H32N2O5S2/c1-5-33-26-9-7-6-8-24(26)29(36(31,32)23-13-11-22(35-4)12-14-23)19-27(30)28-16-17-34-25-15-10-20(2)18-21(25)3/h6-15,18H,5,16-17,19H2,1-4H3,(H,28,30). The van der Waals surface area contributed by atoms with Gasteiger partial charge in [0.05, 0.1) is 23.7 Å². The van der Waals surface area contributed by atoms with E-state index >= 15 is 0 Å². The molecule has 0 aliphatic rings. The first-order valence-electron chi connectivity index (χ1n) is 11.6. The first-order valence-corrected chi connectivity index (χ1v) is 14.3. The molecule has 9 heteroatoms. The Morgan fingerprint density at radius 1 is 0.972 bits per heavy atom. The van der Waals surface area contributed by atoms with Crippen molar-refractivity contribution in [2.24, 2.45) is 0 Å². The van der Waals surface area contributed by atoms with Crippen LogP contribution < -0.4 is 19.1 Å². The molecule has 0 saturated carbocycles. The maximum absolute atomic E-state index is 13.7. The zero-order valence-electron chi connectivity index (χ0n) is 21.0. The van der Waals surface area contributed by atoms with E-state index in [1.54, 1.807) is 48.5 Å². The van der Waals surface area contributed by atoms with Gasteiger partial charge in [0.2, 0.25) is 5.91 Å². The summed E-state index contributed by atoms with van der Waals surface area (Å²) < 4.78 is 39.9. The van der Waals surface area contributed by atoms with Gasteiger partial charge in [-0.1, -0.05) is 29.8 Å². The summed E-state index contributed by atoms with van der Waals surface area (Å²) in [6.45, 7) is 6.24. The molecular formula is C27H32N2O5S2. The molecule has 0 bridgehead atoms. The summed E-state index contributed by atoms with van der Waals surface area (Å²) in [5, 5.41) is 2.76. The minimum Gasteiger partial charge on any atom is -0.492 e. The summed E-state index contributed by atoms with van der Waals surface area (Å²) in [7, 11) is -4.05. The van der Waals surface area contributed by atoms with Crippen LogP contribution in [0.1, 0.15) is 18.1 Å². The van der Waals surface area contributed by atoms with E-state index in [2.05, 4.69) is 5.32 Å². The van der Waals surface area contributed by atoms with Crippen molar-refractivity contribution in [2.75, 3.05) is 36.9 Å². The second-order valence-electron chi connectivity index (χ2n) is 8.06. The number of carbonyl (C=O) groups excluding carboxylic acids is 1. The number of thioether (sulfide) groups is 1. The monoisotopic (exact) mass is 528 g/mol. The SMILES string of the molecule is CCOc1ccccc1N(CC(=O)NCCOc1ccc(C)cc1C)S(=O)(=O)c1ccc(SC)cc1. The van der Waals surface area contributed by atoms with Crippen LogP contribution in [-0.4, -0.2) is 46.9 Å². The molecule has 0 saturated heterocycles. The van der Waals surface area contributed by atoms with Crippen molar-refractivity contribution in [3.05, 3.63) is 77.9 Å². The lowest BCUT2D eigenvalue weighted by atomic mass is 10.1. The van der Waals surface area contributed by atoms with E-state index in [-0.39, 0.29) is 18.0 Å². The van der Waals surface area contributed by atoms with Crippen LogP contribution in [0.4, 0.5) is 5.69 Å². The fourth-order valence-electron chi connectivity index (χ4n) is 3.61. The fourth-order valence-corrected chi connectivity index (χ4v) is 5.45. The van der Waals surface area contributed by atoms with Gasteiger partial charge >= 0.3 is 0 Å². The molecule has 0 unspecified atom stereocenters.